The van der Waals surface area contributed by atoms with Gasteiger partial charge in [0.2, 0.25) is 11.7 Å². The molecule has 0 aliphatic carbocycles. The van der Waals surface area contributed by atoms with Crippen molar-refractivity contribution in [2.24, 2.45) is 0 Å². The van der Waals surface area contributed by atoms with Crippen LogP contribution in [0.5, 0.6) is 0 Å². The third kappa shape index (κ3) is 2.08. The lowest BCUT2D eigenvalue weighted by Crippen LogP contribution is -2.40. The molecule has 1 aromatic carbocycles. The predicted octanol–water partition coefficient (Wildman–Crippen LogP) is 2.15. The molecular weight excluding hydrogens is 234 g/mol. The van der Waals surface area contributed by atoms with Crippen LogP contribution in [0.15, 0.2) is 33.7 Å². The minimum absolute atomic E-state index is 0.390. The van der Waals surface area contributed by atoms with E-state index in [1.54, 1.807) is 11.8 Å². The van der Waals surface area contributed by atoms with Gasteiger partial charge in [0, 0.05) is 23.5 Å². The van der Waals surface area contributed by atoms with Crippen molar-refractivity contribution in [3.8, 4) is 11.4 Å². The second-order valence-electron chi connectivity index (χ2n) is 4.04. The van der Waals surface area contributed by atoms with Gasteiger partial charge in [0.25, 0.3) is 0 Å². The molecule has 17 heavy (non-hydrogen) atoms. The molecule has 0 spiro atoms. The van der Waals surface area contributed by atoms with Crippen molar-refractivity contribution in [1.82, 2.24) is 15.5 Å². The average molecular weight is 247 g/mol. The standard InChI is InChI=1S/C12H13N3OS/c1-17-10-4-2-8(3-5-10)11-14-12(16-15-11)9-6-13-7-9/h2-5,9,13H,6-7H2,1H3. The first-order valence-corrected chi connectivity index (χ1v) is 6.78. The molecule has 3 rings (SSSR count). The molecule has 1 saturated heterocycles. The minimum Gasteiger partial charge on any atom is -0.339 e. The highest BCUT2D eigenvalue weighted by Gasteiger charge is 2.25. The number of rotatable bonds is 3. The summed E-state index contributed by atoms with van der Waals surface area (Å²) in [6.07, 6.45) is 2.06. The Morgan fingerprint density at radius 3 is 2.65 bits per heavy atom. The third-order valence-corrected chi connectivity index (χ3v) is 3.66. The Morgan fingerprint density at radius 2 is 2.06 bits per heavy atom. The van der Waals surface area contributed by atoms with E-state index < -0.39 is 0 Å². The van der Waals surface area contributed by atoms with Crippen molar-refractivity contribution in [3.63, 3.8) is 0 Å². The van der Waals surface area contributed by atoms with Crippen molar-refractivity contribution in [2.75, 3.05) is 19.3 Å². The van der Waals surface area contributed by atoms with E-state index >= 15 is 0 Å². The summed E-state index contributed by atoms with van der Waals surface area (Å²) in [4.78, 5) is 5.67. The van der Waals surface area contributed by atoms with E-state index in [-0.39, 0.29) is 0 Å². The number of nitrogens with one attached hydrogen (secondary N) is 1. The fraction of sp³-hybridized carbons (Fsp3) is 0.333. The summed E-state index contributed by atoms with van der Waals surface area (Å²) in [5, 5.41) is 7.22. The van der Waals surface area contributed by atoms with Crippen LogP contribution in [0.1, 0.15) is 11.8 Å². The zero-order valence-electron chi connectivity index (χ0n) is 9.51. The van der Waals surface area contributed by atoms with Crippen LogP contribution in [0, 0.1) is 0 Å². The van der Waals surface area contributed by atoms with E-state index in [4.69, 9.17) is 4.52 Å². The Labute approximate surface area is 104 Å². The Morgan fingerprint density at radius 1 is 1.29 bits per heavy atom. The summed E-state index contributed by atoms with van der Waals surface area (Å²) in [5.74, 6) is 1.81. The number of benzene rings is 1. The molecule has 1 aromatic heterocycles. The summed E-state index contributed by atoms with van der Waals surface area (Å²) in [7, 11) is 0. The average Bonchev–Trinajstić information content (AvgIpc) is 2.76. The summed E-state index contributed by atoms with van der Waals surface area (Å²) in [5.41, 5.74) is 1.00. The van der Waals surface area contributed by atoms with Gasteiger partial charge in [0.15, 0.2) is 0 Å². The molecule has 0 amide bonds. The largest absolute Gasteiger partial charge is 0.339 e. The van der Waals surface area contributed by atoms with Gasteiger partial charge in [-0.15, -0.1) is 11.8 Å². The first-order chi connectivity index (χ1) is 8.36. The molecule has 1 fully saturated rings. The lowest BCUT2D eigenvalue weighted by Gasteiger charge is -2.22. The maximum absolute atomic E-state index is 5.27. The predicted molar refractivity (Wildman–Crippen MR) is 67.1 cm³/mol. The van der Waals surface area contributed by atoms with Crippen molar-refractivity contribution in [2.45, 2.75) is 10.8 Å². The molecule has 4 nitrogen and oxygen atoms in total. The highest BCUT2D eigenvalue weighted by molar-refractivity contribution is 7.98. The summed E-state index contributed by atoms with van der Waals surface area (Å²) >= 11 is 1.72. The topological polar surface area (TPSA) is 51.0 Å². The van der Waals surface area contributed by atoms with E-state index in [9.17, 15) is 0 Å². The van der Waals surface area contributed by atoms with Crippen molar-refractivity contribution >= 4 is 11.8 Å². The van der Waals surface area contributed by atoms with Gasteiger partial charge in [-0.25, -0.2) is 0 Å². The van der Waals surface area contributed by atoms with Crippen LogP contribution < -0.4 is 5.32 Å². The maximum Gasteiger partial charge on any atom is 0.232 e. The molecule has 0 atom stereocenters. The normalized spacial score (nSPS) is 15.8. The highest BCUT2D eigenvalue weighted by atomic mass is 32.2. The van der Waals surface area contributed by atoms with Gasteiger partial charge in [-0.2, -0.15) is 4.98 Å². The molecule has 2 aromatic rings. The zero-order valence-corrected chi connectivity index (χ0v) is 10.3. The van der Waals surface area contributed by atoms with E-state index in [0.717, 1.165) is 24.5 Å². The van der Waals surface area contributed by atoms with Crippen LogP contribution in [-0.2, 0) is 0 Å². The fourth-order valence-corrected chi connectivity index (χ4v) is 2.13. The number of nitrogens with zero attached hydrogens (tertiary/aromatic N) is 2. The maximum atomic E-state index is 5.27. The summed E-state index contributed by atoms with van der Waals surface area (Å²) in [6.45, 7) is 1.88. The van der Waals surface area contributed by atoms with Crippen LogP contribution in [0.25, 0.3) is 11.4 Å². The third-order valence-electron chi connectivity index (χ3n) is 2.92. The monoisotopic (exact) mass is 247 g/mol. The van der Waals surface area contributed by atoms with Gasteiger partial charge in [0.1, 0.15) is 0 Å². The molecule has 0 radical (unpaired) electrons. The highest BCUT2D eigenvalue weighted by Crippen LogP contribution is 2.24. The number of hydrogen-bond donors (Lipinski definition) is 1. The Bertz CT molecular complexity index is 505. The van der Waals surface area contributed by atoms with Gasteiger partial charge in [0.05, 0.1) is 5.92 Å². The SMILES string of the molecule is CSc1ccc(-c2noc(C3CNC3)n2)cc1. The van der Waals surface area contributed by atoms with Crippen molar-refractivity contribution in [3.05, 3.63) is 30.2 Å². The smallest absolute Gasteiger partial charge is 0.232 e. The summed E-state index contributed by atoms with van der Waals surface area (Å²) in [6, 6.07) is 8.20. The fourth-order valence-electron chi connectivity index (χ4n) is 1.72. The van der Waals surface area contributed by atoms with E-state index in [1.807, 2.05) is 12.1 Å². The lowest BCUT2D eigenvalue weighted by atomic mass is 10.0. The first-order valence-electron chi connectivity index (χ1n) is 5.55. The van der Waals surface area contributed by atoms with Gasteiger partial charge in [-0.05, 0) is 30.5 Å². The number of hydrogen-bond acceptors (Lipinski definition) is 5. The van der Waals surface area contributed by atoms with Crippen LogP contribution in [0.3, 0.4) is 0 Å². The summed E-state index contributed by atoms with van der Waals surface area (Å²) < 4.78 is 5.27. The second kappa shape index (κ2) is 4.50. The quantitative estimate of drug-likeness (QED) is 0.842. The Kier molecular flexibility index (Phi) is 2.86. The Balaban J connectivity index is 1.84. The van der Waals surface area contributed by atoms with Crippen LogP contribution in [0.4, 0.5) is 0 Å². The van der Waals surface area contributed by atoms with Crippen molar-refractivity contribution < 1.29 is 4.52 Å². The second-order valence-corrected chi connectivity index (χ2v) is 4.92. The van der Waals surface area contributed by atoms with E-state index in [2.05, 4.69) is 33.8 Å². The van der Waals surface area contributed by atoms with Gasteiger partial charge in [-0.1, -0.05) is 5.16 Å². The molecule has 88 valence electrons. The van der Waals surface area contributed by atoms with Gasteiger partial charge in [-0.3, -0.25) is 0 Å². The molecule has 0 unspecified atom stereocenters. The number of aromatic nitrogens is 2. The van der Waals surface area contributed by atoms with Gasteiger partial charge < -0.3 is 9.84 Å². The van der Waals surface area contributed by atoms with Crippen LogP contribution in [0.2, 0.25) is 0 Å². The van der Waals surface area contributed by atoms with E-state index in [0.29, 0.717) is 11.7 Å². The van der Waals surface area contributed by atoms with Crippen molar-refractivity contribution in [1.29, 1.82) is 0 Å². The minimum atomic E-state index is 0.390. The number of thioether (sulfide) groups is 1. The molecule has 2 heterocycles. The molecule has 5 heteroatoms. The molecule has 0 saturated carbocycles. The molecular formula is C12H13N3OS. The zero-order chi connectivity index (χ0) is 11.7. The Hall–Kier alpha value is -1.33. The van der Waals surface area contributed by atoms with Crippen LogP contribution >= 0.6 is 11.8 Å². The lowest BCUT2D eigenvalue weighted by molar-refractivity contribution is 0.308. The molecule has 0 bridgehead atoms. The van der Waals surface area contributed by atoms with E-state index in [1.165, 1.54) is 4.90 Å². The molecule has 1 N–H and O–H groups in total. The van der Waals surface area contributed by atoms with Gasteiger partial charge >= 0.3 is 0 Å². The molecule has 1 aliphatic heterocycles. The molecule has 1 aliphatic rings. The van der Waals surface area contributed by atoms with Crippen LogP contribution in [-0.4, -0.2) is 29.5 Å². The first kappa shape index (κ1) is 10.8.